The Balaban J connectivity index is 1.90. The standard InChI is InChI=1S/C17H19ClN4OS/c1-3-19-8-9-20-16(23)15-10-12-11(2)21-22(17(12)24-15)14-7-5-4-6-13(14)18/h4-7,10,19H,3,8-9H2,1-2H3,(H,20,23). The van der Waals surface area contributed by atoms with Crippen LogP contribution in [-0.4, -0.2) is 35.3 Å². The van der Waals surface area contributed by atoms with Gasteiger partial charge < -0.3 is 10.6 Å². The van der Waals surface area contributed by atoms with Gasteiger partial charge in [0.25, 0.3) is 5.91 Å². The minimum Gasteiger partial charge on any atom is -0.350 e. The monoisotopic (exact) mass is 362 g/mol. The molecule has 3 rings (SSSR count). The van der Waals surface area contributed by atoms with Gasteiger partial charge in [-0.05, 0) is 31.7 Å². The normalized spacial score (nSPS) is 11.1. The molecular formula is C17H19ClN4OS. The highest BCUT2D eigenvalue weighted by Gasteiger charge is 2.17. The molecule has 0 atom stereocenters. The summed E-state index contributed by atoms with van der Waals surface area (Å²) in [7, 11) is 0. The van der Waals surface area contributed by atoms with Crippen LogP contribution in [0.25, 0.3) is 15.9 Å². The third-order valence-corrected chi connectivity index (χ3v) is 5.12. The van der Waals surface area contributed by atoms with Gasteiger partial charge in [-0.25, -0.2) is 4.68 Å². The summed E-state index contributed by atoms with van der Waals surface area (Å²) in [5, 5.41) is 12.3. The number of thiophene rings is 1. The maximum absolute atomic E-state index is 12.3. The molecule has 3 aromatic rings. The topological polar surface area (TPSA) is 58.9 Å². The third kappa shape index (κ3) is 3.31. The van der Waals surface area contributed by atoms with Gasteiger partial charge in [-0.15, -0.1) is 11.3 Å². The van der Waals surface area contributed by atoms with Crippen molar-refractivity contribution in [2.24, 2.45) is 0 Å². The van der Waals surface area contributed by atoms with E-state index in [1.807, 2.05) is 48.9 Å². The predicted molar refractivity (Wildman–Crippen MR) is 99.6 cm³/mol. The van der Waals surface area contributed by atoms with Crippen LogP contribution in [0.2, 0.25) is 5.02 Å². The number of amides is 1. The third-order valence-electron chi connectivity index (χ3n) is 3.69. The molecule has 0 unspecified atom stereocenters. The molecule has 2 aromatic heterocycles. The average molecular weight is 363 g/mol. The number of fused-ring (bicyclic) bond motifs is 1. The van der Waals surface area contributed by atoms with E-state index in [1.54, 1.807) is 0 Å². The molecule has 0 aliphatic rings. The molecule has 5 nitrogen and oxygen atoms in total. The van der Waals surface area contributed by atoms with Crippen LogP contribution in [0.1, 0.15) is 22.3 Å². The number of likely N-dealkylation sites (N-methyl/N-ethyl adjacent to an activating group) is 1. The number of halogens is 1. The van der Waals surface area contributed by atoms with Gasteiger partial charge >= 0.3 is 0 Å². The number of hydrogen-bond donors (Lipinski definition) is 2. The molecule has 0 aliphatic carbocycles. The van der Waals surface area contributed by atoms with Crippen LogP contribution in [0.4, 0.5) is 0 Å². The fourth-order valence-electron chi connectivity index (χ4n) is 2.47. The lowest BCUT2D eigenvalue weighted by Crippen LogP contribution is -2.31. The Bertz CT molecular complexity index is 871. The van der Waals surface area contributed by atoms with E-state index in [-0.39, 0.29) is 5.91 Å². The zero-order valence-electron chi connectivity index (χ0n) is 13.6. The first-order valence-corrected chi connectivity index (χ1v) is 9.04. The first-order chi connectivity index (χ1) is 11.6. The molecule has 0 saturated heterocycles. The summed E-state index contributed by atoms with van der Waals surface area (Å²) < 4.78 is 1.81. The molecule has 126 valence electrons. The van der Waals surface area contributed by atoms with Crippen molar-refractivity contribution < 1.29 is 4.79 Å². The van der Waals surface area contributed by atoms with Gasteiger partial charge in [-0.2, -0.15) is 5.10 Å². The van der Waals surface area contributed by atoms with Crippen molar-refractivity contribution in [2.45, 2.75) is 13.8 Å². The molecule has 7 heteroatoms. The van der Waals surface area contributed by atoms with E-state index in [0.717, 1.165) is 34.7 Å². The van der Waals surface area contributed by atoms with Gasteiger partial charge in [0.1, 0.15) is 4.83 Å². The summed E-state index contributed by atoms with van der Waals surface area (Å²) >= 11 is 7.72. The minimum absolute atomic E-state index is 0.0563. The van der Waals surface area contributed by atoms with Crippen molar-refractivity contribution in [1.29, 1.82) is 0 Å². The number of para-hydroxylation sites is 1. The zero-order valence-corrected chi connectivity index (χ0v) is 15.2. The molecule has 2 N–H and O–H groups in total. The van der Waals surface area contributed by atoms with Crippen LogP contribution < -0.4 is 10.6 Å². The Morgan fingerprint density at radius 1 is 1.33 bits per heavy atom. The van der Waals surface area contributed by atoms with E-state index in [4.69, 9.17) is 11.6 Å². The molecule has 0 spiro atoms. The van der Waals surface area contributed by atoms with E-state index in [2.05, 4.69) is 15.7 Å². The van der Waals surface area contributed by atoms with E-state index in [9.17, 15) is 4.79 Å². The molecule has 0 bridgehead atoms. The number of rotatable bonds is 6. The first kappa shape index (κ1) is 17.0. The number of aryl methyl sites for hydroxylation is 1. The van der Waals surface area contributed by atoms with Crippen molar-refractivity contribution in [2.75, 3.05) is 19.6 Å². The van der Waals surface area contributed by atoms with Crippen molar-refractivity contribution in [3.63, 3.8) is 0 Å². The highest BCUT2D eigenvalue weighted by atomic mass is 35.5. The average Bonchev–Trinajstić information content (AvgIpc) is 3.13. The number of nitrogens with one attached hydrogen (secondary N) is 2. The fraction of sp³-hybridized carbons (Fsp3) is 0.294. The van der Waals surface area contributed by atoms with Gasteiger partial charge in [-0.1, -0.05) is 30.7 Å². The van der Waals surface area contributed by atoms with Crippen LogP contribution in [-0.2, 0) is 0 Å². The van der Waals surface area contributed by atoms with Gasteiger partial charge in [-0.3, -0.25) is 4.79 Å². The fourth-order valence-corrected chi connectivity index (χ4v) is 3.78. The van der Waals surface area contributed by atoms with E-state index in [0.29, 0.717) is 16.4 Å². The lowest BCUT2D eigenvalue weighted by molar-refractivity contribution is 0.0958. The highest BCUT2D eigenvalue weighted by Crippen LogP contribution is 2.32. The van der Waals surface area contributed by atoms with E-state index >= 15 is 0 Å². The summed E-state index contributed by atoms with van der Waals surface area (Å²) in [5.41, 5.74) is 1.70. The number of carbonyl (C=O) groups is 1. The Morgan fingerprint density at radius 3 is 2.88 bits per heavy atom. The van der Waals surface area contributed by atoms with Gasteiger partial charge in [0.15, 0.2) is 0 Å². The number of hydrogen-bond acceptors (Lipinski definition) is 4. The molecular weight excluding hydrogens is 344 g/mol. The molecule has 24 heavy (non-hydrogen) atoms. The van der Waals surface area contributed by atoms with Crippen molar-refractivity contribution in [3.8, 4) is 5.69 Å². The van der Waals surface area contributed by atoms with E-state index in [1.165, 1.54) is 11.3 Å². The SMILES string of the molecule is CCNCCNC(=O)c1cc2c(C)nn(-c3ccccc3Cl)c2s1. The number of nitrogens with zero attached hydrogens (tertiary/aromatic N) is 2. The summed E-state index contributed by atoms with van der Waals surface area (Å²) in [6, 6.07) is 9.47. The Morgan fingerprint density at radius 2 is 2.12 bits per heavy atom. The van der Waals surface area contributed by atoms with Gasteiger partial charge in [0.05, 0.1) is 21.3 Å². The maximum atomic E-state index is 12.3. The van der Waals surface area contributed by atoms with Crippen molar-refractivity contribution in [3.05, 3.63) is 45.9 Å². The second-order valence-electron chi connectivity index (χ2n) is 5.39. The lowest BCUT2D eigenvalue weighted by Gasteiger charge is -2.05. The van der Waals surface area contributed by atoms with Crippen LogP contribution in [0, 0.1) is 6.92 Å². The largest absolute Gasteiger partial charge is 0.350 e. The van der Waals surface area contributed by atoms with Crippen LogP contribution in [0.5, 0.6) is 0 Å². The van der Waals surface area contributed by atoms with Gasteiger partial charge in [0, 0.05) is 18.5 Å². The Labute approximate surface area is 149 Å². The minimum atomic E-state index is -0.0563. The molecule has 1 amide bonds. The summed E-state index contributed by atoms with van der Waals surface area (Å²) in [4.78, 5) is 13.9. The summed E-state index contributed by atoms with van der Waals surface area (Å²) in [6.45, 7) is 6.24. The molecule has 0 radical (unpaired) electrons. The number of benzene rings is 1. The second kappa shape index (κ2) is 7.34. The van der Waals surface area contributed by atoms with Gasteiger partial charge in [0.2, 0.25) is 0 Å². The molecule has 0 saturated carbocycles. The maximum Gasteiger partial charge on any atom is 0.261 e. The molecule has 0 aliphatic heterocycles. The van der Waals surface area contributed by atoms with E-state index < -0.39 is 0 Å². The Hall–Kier alpha value is -1.89. The zero-order chi connectivity index (χ0) is 17.1. The van der Waals surface area contributed by atoms with Crippen LogP contribution in [0.15, 0.2) is 30.3 Å². The van der Waals surface area contributed by atoms with Crippen molar-refractivity contribution >= 4 is 39.1 Å². The summed E-state index contributed by atoms with van der Waals surface area (Å²) in [5.74, 6) is -0.0563. The lowest BCUT2D eigenvalue weighted by atomic mass is 10.3. The van der Waals surface area contributed by atoms with Crippen LogP contribution >= 0.6 is 22.9 Å². The Kier molecular flexibility index (Phi) is 5.18. The summed E-state index contributed by atoms with van der Waals surface area (Å²) in [6.07, 6.45) is 0. The molecule has 0 fully saturated rings. The quantitative estimate of drug-likeness (QED) is 0.661. The highest BCUT2D eigenvalue weighted by molar-refractivity contribution is 7.20. The number of aromatic nitrogens is 2. The number of carbonyl (C=O) groups excluding carboxylic acids is 1. The van der Waals surface area contributed by atoms with Crippen LogP contribution in [0.3, 0.4) is 0 Å². The predicted octanol–water partition coefficient (Wildman–Crippen LogP) is 3.39. The second-order valence-corrected chi connectivity index (χ2v) is 6.83. The molecule has 2 heterocycles. The first-order valence-electron chi connectivity index (χ1n) is 7.84. The molecule has 1 aromatic carbocycles. The van der Waals surface area contributed by atoms with Crippen molar-refractivity contribution in [1.82, 2.24) is 20.4 Å². The smallest absolute Gasteiger partial charge is 0.261 e.